The largest absolute Gasteiger partial charge is 0.366 e. The lowest BCUT2D eigenvalue weighted by Gasteiger charge is -2.47. The topological polar surface area (TPSA) is 39.3 Å². The SMILES string of the molecule is CCC(=O)N1CCN(c2c[nH]c3ccccc23)CC1(C)C. The molecule has 1 N–H and O–H groups in total. The highest BCUT2D eigenvalue weighted by Gasteiger charge is 2.36. The molecule has 1 saturated heterocycles. The maximum absolute atomic E-state index is 12.1. The van der Waals surface area contributed by atoms with Crippen LogP contribution in [0.3, 0.4) is 0 Å². The lowest BCUT2D eigenvalue weighted by atomic mass is 9.97. The molecule has 4 heteroatoms. The van der Waals surface area contributed by atoms with Crippen LogP contribution in [-0.4, -0.2) is 41.0 Å². The molecule has 4 nitrogen and oxygen atoms in total. The van der Waals surface area contributed by atoms with Gasteiger partial charge in [0.05, 0.1) is 11.2 Å². The Labute approximate surface area is 125 Å². The van der Waals surface area contributed by atoms with Crippen LogP contribution in [-0.2, 0) is 4.79 Å². The number of nitrogens with zero attached hydrogens (tertiary/aromatic N) is 2. The number of rotatable bonds is 2. The number of carbonyl (C=O) groups is 1. The number of nitrogens with one attached hydrogen (secondary N) is 1. The Morgan fingerprint density at radius 2 is 2.05 bits per heavy atom. The van der Waals surface area contributed by atoms with Crippen LogP contribution in [0.15, 0.2) is 30.5 Å². The number of aromatic nitrogens is 1. The number of H-pyrrole nitrogens is 1. The second kappa shape index (κ2) is 5.10. The summed E-state index contributed by atoms with van der Waals surface area (Å²) >= 11 is 0. The van der Waals surface area contributed by atoms with Crippen molar-refractivity contribution < 1.29 is 4.79 Å². The number of para-hydroxylation sites is 1. The van der Waals surface area contributed by atoms with E-state index in [0.29, 0.717) is 6.42 Å². The van der Waals surface area contributed by atoms with Gasteiger partial charge < -0.3 is 14.8 Å². The Bertz CT molecular complexity index is 659. The highest BCUT2D eigenvalue weighted by molar-refractivity contribution is 5.93. The van der Waals surface area contributed by atoms with Crippen molar-refractivity contribution in [3.63, 3.8) is 0 Å². The van der Waals surface area contributed by atoms with E-state index < -0.39 is 0 Å². The predicted octanol–water partition coefficient (Wildman–Crippen LogP) is 3.01. The maximum atomic E-state index is 12.1. The number of aromatic amines is 1. The number of amides is 1. The minimum Gasteiger partial charge on any atom is -0.366 e. The fraction of sp³-hybridized carbons (Fsp3) is 0.471. The molecule has 0 bridgehead atoms. The first-order valence-electron chi connectivity index (χ1n) is 7.64. The Hall–Kier alpha value is -1.97. The Morgan fingerprint density at radius 3 is 2.76 bits per heavy atom. The lowest BCUT2D eigenvalue weighted by Crippen LogP contribution is -2.61. The van der Waals surface area contributed by atoms with Crippen LogP contribution in [0.5, 0.6) is 0 Å². The molecule has 0 spiro atoms. The molecule has 1 aliphatic heterocycles. The van der Waals surface area contributed by atoms with E-state index in [0.717, 1.165) is 25.2 Å². The molecular formula is C17H23N3O. The van der Waals surface area contributed by atoms with Crippen molar-refractivity contribution in [2.75, 3.05) is 24.5 Å². The van der Waals surface area contributed by atoms with E-state index in [1.165, 1.54) is 11.1 Å². The molecule has 2 aromatic rings. The summed E-state index contributed by atoms with van der Waals surface area (Å²) in [5, 5.41) is 1.25. The first-order valence-corrected chi connectivity index (χ1v) is 7.64. The van der Waals surface area contributed by atoms with Gasteiger partial charge in [-0.25, -0.2) is 0 Å². The monoisotopic (exact) mass is 285 g/mol. The summed E-state index contributed by atoms with van der Waals surface area (Å²) in [6, 6.07) is 8.37. The van der Waals surface area contributed by atoms with Gasteiger partial charge in [-0.1, -0.05) is 25.1 Å². The van der Waals surface area contributed by atoms with E-state index in [2.05, 4.69) is 48.1 Å². The molecule has 3 rings (SSSR count). The summed E-state index contributed by atoms with van der Waals surface area (Å²) in [4.78, 5) is 19.8. The zero-order valence-corrected chi connectivity index (χ0v) is 13.0. The van der Waals surface area contributed by atoms with Crippen LogP contribution < -0.4 is 4.90 Å². The van der Waals surface area contributed by atoms with Gasteiger partial charge in [-0.2, -0.15) is 0 Å². The molecule has 112 valence electrons. The molecule has 1 aromatic heterocycles. The molecule has 1 fully saturated rings. The zero-order chi connectivity index (χ0) is 15.0. The smallest absolute Gasteiger partial charge is 0.222 e. The van der Waals surface area contributed by atoms with Crippen LogP contribution in [0.1, 0.15) is 27.2 Å². The maximum Gasteiger partial charge on any atom is 0.222 e. The fourth-order valence-corrected chi connectivity index (χ4v) is 3.33. The summed E-state index contributed by atoms with van der Waals surface area (Å²) < 4.78 is 0. The molecule has 1 amide bonds. The highest BCUT2D eigenvalue weighted by Crippen LogP contribution is 2.31. The van der Waals surface area contributed by atoms with Crippen molar-refractivity contribution in [1.29, 1.82) is 0 Å². The van der Waals surface area contributed by atoms with E-state index in [4.69, 9.17) is 0 Å². The van der Waals surface area contributed by atoms with Gasteiger partial charge in [-0.15, -0.1) is 0 Å². The number of benzene rings is 1. The summed E-state index contributed by atoms with van der Waals surface area (Å²) in [5.41, 5.74) is 2.27. The van der Waals surface area contributed by atoms with Crippen molar-refractivity contribution in [2.45, 2.75) is 32.7 Å². The van der Waals surface area contributed by atoms with E-state index in [1.54, 1.807) is 0 Å². The molecule has 0 radical (unpaired) electrons. The van der Waals surface area contributed by atoms with E-state index in [1.807, 2.05) is 17.9 Å². The first kappa shape index (κ1) is 14.0. The van der Waals surface area contributed by atoms with Gasteiger partial charge in [0.25, 0.3) is 0 Å². The van der Waals surface area contributed by atoms with Crippen LogP contribution in [0.25, 0.3) is 10.9 Å². The standard InChI is InChI=1S/C17H23N3O/c1-4-16(21)20-10-9-19(12-17(20,2)3)15-11-18-14-8-6-5-7-13(14)15/h5-8,11,18H,4,9-10,12H2,1-3H3. The minimum absolute atomic E-state index is 0.135. The summed E-state index contributed by atoms with van der Waals surface area (Å²) in [6.45, 7) is 8.78. The van der Waals surface area contributed by atoms with Crippen LogP contribution in [0, 0.1) is 0 Å². The van der Waals surface area contributed by atoms with Gasteiger partial charge in [-0.3, -0.25) is 4.79 Å². The van der Waals surface area contributed by atoms with Crippen LogP contribution >= 0.6 is 0 Å². The predicted molar refractivity (Wildman–Crippen MR) is 86.6 cm³/mol. The molecule has 0 saturated carbocycles. The molecule has 1 aliphatic rings. The molecule has 1 aromatic carbocycles. The highest BCUT2D eigenvalue weighted by atomic mass is 16.2. The first-order chi connectivity index (χ1) is 10.0. The van der Waals surface area contributed by atoms with Crippen LogP contribution in [0.4, 0.5) is 5.69 Å². The van der Waals surface area contributed by atoms with Gasteiger partial charge in [0.15, 0.2) is 0 Å². The fourth-order valence-electron chi connectivity index (χ4n) is 3.33. The quantitative estimate of drug-likeness (QED) is 0.921. The molecule has 0 unspecified atom stereocenters. The number of fused-ring (bicyclic) bond motifs is 1. The normalized spacial score (nSPS) is 18.2. The average molecular weight is 285 g/mol. The number of carbonyl (C=O) groups excluding carboxylic acids is 1. The zero-order valence-electron chi connectivity index (χ0n) is 13.0. The van der Waals surface area contributed by atoms with E-state index >= 15 is 0 Å². The summed E-state index contributed by atoms with van der Waals surface area (Å²) in [7, 11) is 0. The van der Waals surface area contributed by atoms with Crippen molar-refractivity contribution in [2.24, 2.45) is 0 Å². The summed E-state index contributed by atoms with van der Waals surface area (Å²) in [6.07, 6.45) is 2.66. The third-order valence-electron chi connectivity index (χ3n) is 4.41. The van der Waals surface area contributed by atoms with Gasteiger partial charge >= 0.3 is 0 Å². The van der Waals surface area contributed by atoms with Gasteiger partial charge in [0.2, 0.25) is 5.91 Å². The molecule has 21 heavy (non-hydrogen) atoms. The molecule has 2 heterocycles. The van der Waals surface area contributed by atoms with Crippen molar-refractivity contribution in [1.82, 2.24) is 9.88 Å². The Balaban J connectivity index is 1.88. The average Bonchev–Trinajstić information content (AvgIpc) is 2.89. The Morgan fingerprint density at radius 1 is 1.29 bits per heavy atom. The van der Waals surface area contributed by atoms with E-state index in [9.17, 15) is 4.79 Å². The van der Waals surface area contributed by atoms with Gasteiger partial charge in [0, 0.05) is 43.2 Å². The summed E-state index contributed by atoms with van der Waals surface area (Å²) in [5.74, 6) is 0.249. The van der Waals surface area contributed by atoms with Crippen LogP contribution in [0.2, 0.25) is 0 Å². The Kier molecular flexibility index (Phi) is 3.40. The number of anilines is 1. The second-order valence-electron chi connectivity index (χ2n) is 6.35. The van der Waals surface area contributed by atoms with Crippen molar-refractivity contribution in [3.8, 4) is 0 Å². The molecule has 0 aliphatic carbocycles. The van der Waals surface area contributed by atoms with Crippen molar-refractivity contribution >= 4 is 22.5 Å². The number of hydrogen-bond acceptors (Lipinski definition) is 2. The second-order valence-corrected chi connectivity index (χ2v) is 6.35. The van der Waals surface area contributed by atoms with Crippen molar-refractivity contribution in [3.05, 3.63) is 30.5 Å². The minimum atomic E-state index is -0.135. The number of hydrogen-bond donors (Lipinski definition) is 1. The van der Waals surface area contributed by atoms with Gasteiger partial charge in [-0.05, 0) is 19.9 Å². The van der Waals surface area contributed by atoms with E-state index in [-0.39, 0.29) is 11.4 Å². The third kappa shape index (κ3) is 2.39. The lowest BCUT2D eigenvalue weighted by molar-refractivity contribution is -0.136. The third-order valence-corrected chi connectivity index (χ3v) is 4.41. The number of piperazine rings is 1. The van der Waals surface area contributed by atoms with Gasteiger partial charge in [0.1, 0.15) is 0 Å². The molecule has 0 atom stereocenters. The molecular weight excluding hydrogens is 262 g/mol.